The van der Waals surface area contributed by atoms with Crippen LogP contribution in [0.15, 0.2) is 42.5 Å². The SMILES string of the molecule is Cc1cccc(C)c1OC(C)C(=O)Nc1ccccc1C(=O)NC1CCCCC1. The lowest BCUT2D eigenvalue weighted by Crippen LogP contribution is -2.37. The maximum absolute atomic E-state index is 12.8. The highest BCUT2D eigenvalue weighted by Crippen LogP contribution is 2.24. The van der Waals surface area contributed by atoms with E-state index in [-0.39, 0.29) is 17.9 Å². The summed E-state index contributed by atoms with van der Waals surface area (Å²) in [5, 5.41) is 5.97. The zero-order valence-electron chi connectivity index (χ0n) is 17.5. The Hall–Kier alpha value is -2.82. The van der Waals surface area contributed by atoms with Gasteiger partial charge in [-0.1, -0.05) is 49.6 Å². The minimum atomic E-state index is -0.690. The quantitative estimate of drug-likeness (QED) is 0.741. The predicted octanol–water partition coefficient (Wildman–Crippen LogP) is 4.77. The van der Waals surface area contributed by atoms with Crippen molar-refractivity contribution in [1.29, 1.82) is 0 Å². The number of hydrogen-bond acceptors (Lipinski definition) is 3. The van der Waals surface area contributed by atoms with E-state index in [0.717, 1.165) is 42.6 Å². The summed E-state index contributed by atoms with van der Waals surface area (Å²) in [7, 11) is 0. The van der Waals surface area contributed by atoms with Crippen LogP contribution in [-0.2, 0) is 4.79 Å². The van der Waals surface area contributed by atoms with E-state index in [1.54, 1.807) is 19.1 Å². The lowest BCUT2D eigenvalue weighted by molar-refractivity contribution is -0.122. The first-order valence-corrected chi connectivity index (χ1v) is 10.4. The highest BCUT2D eigenvalue weighted by Gasteiger charge is 2.21. The molecule has 29 heavy (non-hydrogen) atoms. The molecule has 0 bridgehead atoms. The van der Waals surface area contributed by atoms with Crippen LogP contribution in [0.2, 0.25) is 0 Å². The van der Waals surface area contributed by atoms with Crippen LogP contribution in [0.3, 0.4) is 0 Å². The minimum Gasteiger partial charge on any atom is -0.480 e. The molecule has 2 N–H and O–H groups in total. The van der Waals surface area contributed by atoms with Gasteiger partial charge in [-0.05, 0) is 56.9 Å². The predicted molar refractivity (Wildman–Crippen MR) is 115 cm³/mol. The Labute approximate surface area is 172 Å². The summed E-state index contributed by atoms with van der Waals surface area (Å²) in [6, 6.07) is 13.2. The van der Waals surface area contributed by atoms with Crippen molar-refractivity contribution in [3.05, 3.63) is 59.2 Å². The van der Waals surface area contributed by atoms with E-state index in [1.165, 1.54) is 6.42 Å². The van der Waals surface area contributed by atoms with Crippen LogP contribution < -0.4 is 15.4 Å². The molecule has 1 saturated carbocycles. The summed E-state index contributed by atoms with van der Waals surface area (Å²) >= 11 is 0. The number of benzene rings is 2. The van der Waals surface area contributed by atoms with Gasteiger partial charge in [0.25, 0.3) is 11.8 Å². The molecule has 0 aromatic heterocycles. The Balaban J connectivity index is 1.68. The van der Waals surface area contributed by atoms with E-state index in [0.29, 0.717) is 11.3 Å². The molecule has 1 aliphatic carbocycles. The van der Waals surface area contributed by atoms with Crippen LogP contribution >= 0.6 is 0 Å². The fraction of sp³-hybridized carbons (Fsp3) is 0.417. The number of carbonyl (C=O) groups is 2. The highest BCUT2D eigenvalue weighted by molar-refractivity contribution is 6.04. The maximum atomic E-state index is 12.8. The lowest BCUT2D eigenvalue weighted by Gasteiger charge is -2.23. The molecular weight excluding hydrogens is 364 g/mol. The van der Waals surface area contributed by atoms with E-state index in [9.17, 15) is 9.59 Å². The summed E-state index contributed by atoms with van der Waals surface area (Å²) in [5.74, 6) is 0.292. The molecule has 1 atom stereocenters. The Morgan fingerprint density at radius 1 is 0.966 bits per heavy atom. The number of hydrogen-bond donors (Lipinski definition) is 2. The molecule has 0 radical (unpaired) electrons. The lowest BCUT2D eigenvalue weighted by atomic mass is 9.95. The first-order valence-electron chi connectivity index (χ1n) is 10.4. The van der Waals surface area contributed by atoms with E-state index < -0.39 is 6.10 Å². The molecule has 1 unspecified atom stereocenters. The zero-order valence-corrected chi connectivity index (χ0v) is 17.5. The van der Waals surface area contributed by atoms with Crippen molar-refractivity contribution in [2.45, 2.75) is 65.0 Å². The van der Waals surface area contributed by atoms with Gasteiger partial charge < -0.3 is 15.4 Å². The molecule has 0 aliphatic heterocycles. The van der Waals surface area contributed by atoms with Crippen molar-refractivity contribution >= 4 is 17.5 Å². The number of nitrogens with one attached hydrogen (secondary N) is 2. The third-order valence-corrected chi connectivity index (χ3v) is 5.44. The molecule has 5 nitrogen and oxygen atoms in total. The standard InChI is InChI=1S/C24H30N2O3/c1-16-10-9-11-17(2)22(16)29-18(3)23(27)26-21-15-8-7-14-20(21)24(28)25-19-12-5-4-6-13-19/h7-11,14-15,18-19H,4-6,12-13H2,1-3H3,(H,25,28)(H,26,27). The Kier molecular flexibility index (Phi) is 6.91. The number of rotatable bonds is 6. The highest BCUT2D eigenvalue weighted by atomic mass is 16.5. The van der Waals surface area contributed by atoms with Crippen molar-refractivity contribution in [2.75, 3.05) is 5.32 Å². The number of aryl methyl sites for hydroxylation is 2. The van der Waals surface area contributed by atoms with Gasteiger partial charge in [-0.3, -0.25) is 9.59 Å². The second-order valence-corrected chi connectivity index (χ2v) is 7.82. The summed E-state index contributed by atoms with van der Waals surface area (Å²) in [6.07, 6.45) is 4.87. The van der Waals surface area contributed by atoms with Gasteiger partial charge in [0.15, 0.2) is 6.10 Å². The number of anilines is 1. The van der Waals surface area contributed by atoms with Crippen molar-refractivity contribution in [2.24, 2.45) is 0 Å². The van der Waals surface area contributed by atoms with Gasteiger partial charge in [-0.15, -0.1) is 0 Å². The van der Waals surface area contributed by atoms with Gasteiger partial charge in [0.1, 0.15) is 5.75 Å². The first kappa shape index (κ1) is 20.9. The molecule has 154 valence electrons. The molecule has 2 aromatic rings. The van der Waals surface area contributed by atoms with Crippen LogP contribution in [0.1, 0.15) is 60.5 Å². The summed E-state index contributed by atoms with van der Waals surface area (Å²) in [5.41, 5.74) is 2.95. The van der Waals surface area contributed by atoms with Gasteiger partial charge in [0.05, 0.1) is 11.3 Å². The number of para-hydroxylation sites is 2. The molecule has 2 amide bonds. The van der Waals surface area contributed by atoms with Crippen molar-refractivity contribution in [1.82, 2.24) is 5.32 Å². The average molecular weight is 395 g/mol. The van der Waals surface area contributed by atoms with Gasteiger partial charge in [-0.2, -0.15) is 0 Å². The molecule has 3 rings (SSSR count). The van der Waals surface area contributed by atoms with Crippen molar-refractivity contribution in [3.8, 4) is 5.75 Å². The van der Waals surface area contributed by atoms with Gasteiger partial charge in [-0.25, -0.2) is 0 Å². The van der Waals surface area contributed by atoms with E-state index >= 15 is 0 Å². The van der Waals surface area contributed by atoms with Crippen LogP contribution in [0.5, 0.6) is 5.75 Å². The van der Waals surface area contributed by atoms with Crippen molar-refractivity contribution < 1.29 is 14.3 Å². The molecule has 0 heterocycles. The number of ether oxygens (including phenoxy) is 1. The Morgan fingerprint density at radius 3 is 2.31 bits per heavy atom. The van der Waals surface area contributed by atoms with Gasteiger partial charge >= 0.3 is 0 Å². The smallest absolute Gasteiger partial charge is 0.265 e. The first-order chi connectivity index (χ1) is 14.0. The molecule has 5 heteroatoms. The van der Waals surface area contributed by atoms with Crippen LogP contribution in [0.25, 0.3) is 0 Å². The van der Waals surface area contributed by atoms with Crippen LogP contribution in [0, 0.1) is 13.8 Å². The minimum absolute atomic E-state index is 0.142. The second kappa shape index (κ2) is 9.59. The van der Waals surface area contributed by atoms with E-state index in [1.807, 2.05) is 44.2 Å². The molecule has 1 fully saturated rings. The molecule has 0 saturated heterocycles. The number of carbonyl (C=O) groups excluding carboxylic acids is 2. The van der Waals surface area contributed by atoms with E-state index in [2.05, 4.69) is 10.6 Å². The largest absolute Gasteiger partial charge is 0.480 e. The van der Waals surface area contributed by atoms with Gasteiger partial charge in [0.2, 0.25) is 0 Å². The zero-order chi connectivity index (χ0) is 20.8. The fourth-order valence-electron chi connectivity index (χ4n) is 3.75. The monoisotopic (exact) mass is 394 g/mol. The summed E-state index contributed by atoms with van der Waals surface area (Å²) < 4.78 is 5.92. The molecule has 0 spiro atoms. The maximum Gasteiger partial charge on any atom is 0.265 e. The molecule has 1 aliphatic rings. The van der Waals surface area contributed by atoms with Crippen molar-refractivity contribution in [3.63, 3.8) is 0 Å². The summed E-state index contributed by atoms with van der Waals surface area (Å²) in [4.78, 5) is 25.5. The Morgan fingerprint density at radius 2 is 1.62 bits per heavy atom. The third kappa shape index (κ3) is 5.37. The normalized spacial score (nSPS) is 15.4. The second-order valence-electron chi connectivity index (χ2n) is 7.82. The molecule has 2 aromatic carbocycles. The summed E-state index contributed by atoms with van der Waals surface area (Å²) in [6.45, 7) is 5.63. The fourth-order valence-corrected chi connectivity index (χ4v) is 3.75. The van der Waals surface area contributed by atoms with Crippen LogP contribution in [0.4, 0.5) is 5.69 Å². The van der Waals surface area contributed by atoms with Crippen LogP contribution in [-0.4, -0.2) is 24.0 Å². The van der Waals surface area contributed by atoms with E-state index in [4.69, 9.17) is 4.74 Å². The van der Waals surface area contributed by atoms with Gasteiger partial charge in [0, 0.05) is 6.04 Å². The number of amides is 2. The third-order valence-electron chi connectivity index (χ3n) is 5.44. The Bertz CT molecular complexity index is 852. The topological polar surface area (TPSA) is 67.4 Å². The average Bonchev–Trinajstić information content (AvgIpc) is 2.71. The molecular formula is C24H30N2O3.